The number of aliphatic hydroxyl groups excluding tert-OH is 1. The molecule has 0 spiro atoms. The lowest BCUT2D eigenvalue weighted by Gasteiger charge is -2.22. The number of aromatic nitrogens is 1. The Balaban J connectivity index is 2.85. The highest BCUT2D eigenvalue weighted by molar-refractivity contribution is 5.94. The molecule has 1 amide bonds. The van der Waals surface area contributed by atoms with E-state index in [-0.39, 0.29) is 12.5 Å². The number of amides is 1. The highest BCUT2D eigenvalue weighted by atomic mass is 16.2. The van der Waals surface area contributed by atoms with Crippen molar-refractivity contribution >= 4 is 5.91 Å². The first-order valence-electron chi connectivity index (χ1n) is 7.08. The topological polar surface area (TPSA) is 56.7 Å². The molecule has 1 aromatic rings. The van der Waals surface area contributed by atoms with Crippen molar-refractivity contribution in [2.75, 3.05) is 40.3 Å². The van der Waals surface area contributed by atoms with Crippen LogP contribution in [0.4, 0.5) is 0 Å². The molecule has 1 aromatic heterocycles. The first kappa shape index (κ1) is 17.2. The van der Waals surface area contributed by atoms with Crippen molar-refractivity contribution in [2.24, 2.45) is 0 Å². The van der Waals surface area contributed by atoms with Crippen LogP contribution in [0.15, 0.2) is 18.3 Å². The van der Waals surface area contributed by atoms with Crippen LogP contribution in [0.25, 0.3) is 0 Å². The number of rotatable bonds is 6. The lowest BCUT2D eigenvalue weighted by molar-refractivity contribution is 0.0753. The van der Waals surface area contributed by atoms with Gasteiger partial charge < -0.3 is 14.9 Å². The molecular weight excluding hydrogens is 266 g/mol. The zero-order chi connectivity index (χ0) is 15.7. The minimum Gasteiger partial charge on any atom is -0.384 e. The van der Waals surface area contributed by atoms with Gasteiger partial charge in [0.1, 0.15) is 12.3 Å². The van der Waals surface area contributed by atoms with E-state index >= 15 is 0 Å². The maximum Gasteiger partial charge on any atom is 0.273 e. The molecule has 0 aromatic carbocycles. The summed E-state index contributed by atoms with van der Waals surface area (Å²) in [5.74, 6) is 5.23. The first-order valence-corrected chi connectivity index (χ1v) is 7.08. The zero-order valence-corrected chi connectivity index (χ0v) is 13.0. The summed E-state index contributed by atoms with van der Waals surface area (Å²) in [7, 11) is 4.03. The molecule has 0 atom stereocenters. The third kappa shape index (κ3) is 5.54. The van der Waals surface area contributed by atoms with E-state index in [1.54, 1.807) is 23.2 Å². The van der Waals surface area contributed by atoms with E-state index in [1.165, 1.54) is 0 Å². The normalized spacial score (nSPS) is 10.1. The molecule has 5 heteroatoms. The molecule has 0 fully saturated rings. The Kier molecular flexibility index (Phi) is 7.44. The van der Waals surface area contributed by atoms with E-state index in [2.05, 4.69) is 21.7 Å². The summed E-state index contributed by atoms with van der Waals surface area (Å²) in [4.78, 5) is 20.6. The maximum atomic E-state index is 12.6. The van der Waals surface area contributed by atoms with E-state index in [0.717, 1.165) is 13.0 Å². The highest BCUT2D eigenvalue weighted by Gasteiger charge is 2.18. The summed E-state index contributed by atoms with van der Waals surface area (Å²) >= 11 is 0. The zero-order valence-electron chi connectivity index (χ0n) is 13.0. The van der Waals surface area contributed by atoms with Crippen molar-refractivity contribution < 1.29 is 9.90 Å². The minimum absolute atomic E-state index is 0.112. The number of hydrogen-bond acceptors (Lipinski definition) is 4. The van der Waals surface area contributed by atoms with Crippen molar-refractivity contribution in [1.82, 2.24) is 14.8 Å². The van der Waals surface area contributed by atoms with Gasteiger partial charge in [-0.2, -0.15) is 0 Å². The second kappa shape index (κ2) is 9.11. The fourth-order valence-corrected chi connectivity index (χ4v) is 1.94. The SMILES string of the molecule is CCN(CCCN(C)C)C(=O)c1ncccc1C#CCO. The molecule has 0 radical (unpaired) electrons. The van der Waals surface area contributed by atoms with Crippen molar-refractivity contribution in [2.45, 2.75) is 13.3 Å². The number of aliphatic hydroxyl groups is 1. The monoisotopic (exact) mass is 289 g/mol. The Bertz CT molecular complexity index is 518. The van der Waals surface area contributed by atoms with Crippen LogP contribution in [0.3, 0.4) is 0 Å². The van der Waals surface area contributed by atoms with E-state index in [1.807, 2.05) is 21.0 Å². The molecule has 0 aliphatic rings. The molecule has 114 valence electrons. The summed E-state index contributed by atoms with van der Waals surface area (Å²) in [6.07, 6.45) is 2.50. The average Bonchev–Trinajstić information content (AvgIpc) is 2.49. The lowest BCUT2D eigenvalue weighted by atomic mass is 10.1. The van der Waals surface area contributed by atoms with E-state index in [4.69, 9.17) is 5.11 Å². The molecule has 21 heavy (non-hydrogen) atoms. The smallest absolute Gasteiger partial charge is 0.273 e. The van der Waals surface area contributed by atoms with Crippen molar-refractivity contribution in [3.8, 4) is 11.8 Å². The summed E-state index contributed by atoms with van der Waals surface area (Å²) in [6, 6.07) is 3.48. The molecule has 0 unspecified atom stereocenters. The van der Waals surface area contributed by atoms with Crippen LogP contribution >= 0.6 is 0 Å². The molecular formula is C16H23N3O2. The van der Waals surface area contributed by atoms with Gasteiger partial charge in [-0.15, -0.1) is 0 Å². The van der Waals surface area contributed by atoms with Crippen LogP contribution in [0.2, 0.25) is 0 Å². The Morgan fingerprint density at radius 3 is 2.76 bits per heavy atom. The molecule has 1 N–H and O–H groups in total. The van der Waals surface area contributed by atoms with Crippen LogP contribution in [0.5, 0.6) is 0 Å². The number of carbonyl (C=O) groups excluding carboxylic acids is 1. The number of pyridine rings is 1. The van der Waals surface area contributed by atoms with Gasteiger partial charge in [-0.05, 0) is 46.1 Å². The highest BCUT2D eigenvalue weighted by Crippen LogP contribution is 2.08. The first-order chi connectivity index (χ1) is 10.1. The largest absolute Gasteiger partial charge is 0.384 e. The van der Waals surface area contributed by atoms with Gasteiger partial charge in [-0.25, -0.2) is 4.98 Å². The maximum absolute atomic E-state index is 12.6. The van der Waals surface area contributed by atoms with E-state index < -0.39 is 0 Å². The predicted octanol–water partition coefficient (Wildman–Crippen LogP) is 0.839. The van der Waals surface area contributed by atoms with Gasteiger partial charge in [0.2, 0.25) is 0 Å². The fourth-order valence-electron chi connectivity index (χ4n) is 1.94. The number of carbonyl (C=O) groups is 1. The van der Waals surface area contributed by atoms with E-state index in [9.17, 15) is 4.79 Å². The van der Waals surface area contributed by atoms with Crippen molar-refractivity contribution in [3.05, 3.63) is 29.6 Å². The molecule has 0 aliphatic carbocycles. The van der Waals surface area contributed by atoms with Gasteiger partial charge in [-0.1, -0.05) is 11.8 Å². The third-order valence-corrected chi connectivity index (χ3v) is 3.01. The summed E-state index contributed by atoms with van der Waals surface area (Å²) in [6.45, 7) is 3.98. The second-order valence-corrected chi connectivity index (χ2v) is 4.90. The second-order valence-electron chi connectivity index (χ2n) is 4.90. The fraction of sp³-hybridized carbons (Fsp3) is 0.500. The summed E-state index contributed by atoms with van der Waals surface area (Å²) in [5, 5.41) is 8.79. The molecule has 0 bridgehead atoms. The molecule has 5 nitrogen and oxygen atoms in total. The standard InChI is InChI=1S/C16H23N3O2/c1-4-19(12-7-11-18(2)3)16(21)15-14(9-6-13-20)8-5-10-17-15/h5,8,10,20H,4,7,11-13H2,1-3H3. The Morgan fingerprint density at radius 2 is 2.14 bits per heavy atom. The van der Waals surface area contributed by atoms with Gasteiger partial charge in [0.05, 0.1) is 5.56 Å². The Morgan fingerprint density at radius 1 is 1.38 bits per heavy atom. The summed E-state index contributed by atoms with van der Waals surface area (Å²) < 4.78 is 0. The van der Waals surface area contributed by atoms with Crippen LogP contribution < -0.4 is 0 Å². The van der Waals surface area contributed by atoms with Gasteiger partial charge in [0.25, 0.3) is 5.91 Å². The van der Waals surface area contributed by atoms with Crippen molar-refractivity contribution in [3.63, 3.8) is 0 Å². The molecule has 1 rings (SSSR count). The quantitative estimate of drug-likeness (QED) is 0.789. The summed E-state index contributed by atoms with van der Waals surface area (Å²) in [5.41, 5.74) is 0.910. The average molecular weight is 289 g/mol. The van der Waals surface area contributed by atoms with Gasteiger partial charge in [-0.3, -0.25) is 4.79 Å². The predicted molar refractivity (Wildman–Crippen MR) is 82.9 cm³/mol. The van der Waals surface area contributed by atoms with Crippen LogP contribution in [0.1, 0.15) is 29.4 Å². The van der Waals surface area contributed by atoms with Crippen molar-refractivity contribution in [1.29, 1.82) is 0 Å². The van der Waals surface area contributed by atoms with E-state index in [0.29, 0.717) is 24.3 Å². The van der Waals surface area contributed by atoms with Crippen LogP contribution in [0, 0.1) is 11.8 Å². The Hall–Kier alpha value is -1.90. The Labute approximate surface area is 126 Å². The lowest BCUT2D eigenvalue weighted by Crippen LogP contribution is -2.34. The van der Waals surface area contributed by atoms with Gasteiger partial charge >= 0.3 is 0 Å². The van der Waals surface area contributed by atoms with Crippen LogP contribution in [-0.2, 0) is 0 Å². The molecule has 0 saturated carbocycles. The number of nitrogens with zero attached hydrogens (tertiary/aromatic N) is 3. The molecule has 0 saturated heterocycles. The molecule has 1 heterocycles. The van der Waals surface area contributed by atoms with Crippen LogP contribution in [-0.4, -0.2) is 66.1 Å². The third-order valence-electron chi connectivity index (χ3n) is 3.01. The minimum atomic E-state index is -0.233. The molecule has 0 aliphatic heterocycles. The van der Waals surface area contributed by atoms with Gasteiger partial charge in [0.15, 0.2) is 0 Å². The van der Waals surface area contributed by atoms with Gasteiger partial charge in [0, 0.05) is 19.3 Å². The number of hydrogen-bond donors (Lipinski definition) is 1.